The predicted octanol–water partition coefficient (Wildman–Crippen LogP) is 9.63. The minimum absolute atomic E-state index is 0.0591. The van der Waals surface area contributed by atoms with Crippen molar-refractivity contribution in [3.8, 4) is 33.4 Å². The molecule has 0 heterocycles. The van der Waals surface area contributed by atoms with Gasteiger partial charge in [-0.25, -0.2) is 0 Å². The van der Waals surface area contributed by atoms with Crippen LogP contribution in [-0.2, 0) is 5.41 Å². The molecule has 0 bridgehead atoms. The molecule has 0 aliphatic heterocycles. The highest BCUT2D eigenvalue weighted by atomic mass is 14.4. The topological polar surface area (TPSA) is 0 Å². The fourth-order valence-electron chi connectivity index (χ4n) is 6.31. The van der Waals surface area contributed by atoms with Gasteiger partial charge in [0, 0.05) is 5.41 Å². The van der Waals surface area contributed by atoms with Crippen molar-refractivity contribution in [3.63, 3.8) is 0 Å². The van der Waals surface area contributed by atoms with Crippen LogP contribution < -0.4 is 0 Å². The van der Waals surface area contributed by atoms with E-state index in [9.17, 15) is 0 Å². The van der Waals surface area contributed by atoms with Gasteiger partial charge < -0.3 is 0 Å². The van der Waals surface area contributed by atoms with Crippen molar-refractivity contribution in [2.24, 2.45) is 0 Å². The summed E-state index contributed by atoms with van der Waals surface area (Å²) in [5.74, 6) is 0. The predicted molar refractivity (Wildman–Crippen MR) is 150 cm³/mol. The van der Waals surface area contributed by atoms with Gasteiger partial charge in [0.2, 0.25) is 0 Å². The lowest BCUT2D eigenvalue weighted by molar-refractivity contribution is 0.662. The van der Waals surface area contributed by atoms with Crippen molar-refractivity contribution in [2.45, 2.75) is 19.3 Å². The van der Waals surface area contributed by atoms with Crippen molar-refractivity contribution >= 4 is 21.5 Å². The lowest BCUT2D eigenvalue weighted by Crippen LogP contribution is -2.16. The SMILES string of the molecule is CC1(C)c2ccccc2-c2cccc(-c3ccccc3-c3c4ccccc4cc4ccccc34)c21. The van der Waals surface area contributed by atoms with Crippen LogP contribution in [0.1, 0.15) is 25.0 Å². The van der Waals surface area contributed by atoms with Gasteiger partial charge in [-0.1, -0.05) is 129 Å². The summed E-state index contributed by atoms with van der Waals surface area (Å²) in [4.78, 5) is 0. The first-order valence-corrected chi connectivity index (χ1v) is 12.4. The summed E-state index contributed by atoms with van der Waals surface area (Å²) < 4.78 is 0. The molecule has 0 heteroatoms. The van der Waals surface area contributed by atoms with Crippen LogP contribution >= 0.6 is 0 Å². The van der Waals surface area contributed by atoms with E-state index in [2.05, 4.69) is 135 Å². The Morgan fingerprint density at radius 2 is 0.914 bits per heavy atom. The molecule has 0 spiro atoms. The van der Waals surface area contributed by atoms with E-state index in [1.807, 2.05) is 0 Å². The van der Waals surface area contributed by atoms with Gasteiger partial charge in [-0.3, -0.25) is 0 Å². The largest absolute Gasteiger partial charge is 0.0619 e. The van der Waals surface area contributed by atoms with Gasteiger partial charge >= 0.3 is 0 Å². The Hall–Kier alpha value is -4.16. The summed E-state index contributed by atoms with van der Waals surface area (Å²) in [6.45, 7) is 4.74. The van der Waals surface area contributed by atoms with Gasteiger partial charge in [0.05, 0.1) is 0 Å². The second-order valence-corrected chi connectivity index (χ2v) is 10.1. The summed E-state index contributed by atoms with van der Waals surface area (Å²) in [7, 11) is 0. The van der Waals surface area contributed by atoms with Crippen LogP contribution in [0.3, 0.4) is 0 Å². The Kier molecular flexibility index (Phi) is 4.29. The Labute approximate surface area is 206 Å². The zero-order valence-corrected chi connectivity index (χ0v) is 20.0. The highest BCUT2D eigenvalue weighted by Gasteiger charge is 2.37. The molecule has 0 saturated heterocycles. The van der Waals surface area contributed by atoms with Gasteiger partial charge in [0.1, 0.15) is 0 Å². The molecule has 0 atom stereocenters. The minimum Gasteiger partial charge on any atom is -0.0619 e. The molecule has 0 saturated carbocycles. The molecule has 35 heavy (non-hydrogen) atoms. The van der Waals surface area contributed by atoms with Gasteiger partial charge in [-0.2, -0.15) is 0 Å². The van der Waals surface area contributed by atoms with Gasteiger partial charge in [-0.05, 0) is 72.1 Å². The summed E-state index contributed by atoms with van der Waals surface area (Å²) in [6, 6.07) is 44.6. The first-order chi connectivity index (χ1) is 17.1. The molecule has 0 fully saturated rings. The van der Waals surface area contributed by atoms with E-state index < -0.39 is 0 Å². The second-order valence-electron chi connectivity index (χ2n) is 10.1. The van der Waals surface area contributed by atoms with Crippen molar-refractivity contribution in [1.82, 2.24) is 0 Å². The standard InChI is InChI=1S/C35H26/c1-35(2)32-21-10-9-17-28(32)31-20-11-19-30(34(31)35)27-16-7-8-18-29(27)33-25-14-5-3-12-23(25)22-24-13-4-6-15-26(24)33/h3-22H,1-2H3. The molecular formula is C35H26. The molecule has 1 aliphatic rings. The molecule has 6 aromatic rings. The average molecular weight is 447 g/mol. The molecule has 0 unspecified atom stereocenters. The van der Waals surface area contributed by atoms with Crippen molar-refractivity contribution in [1.29, 1.82) is 0 Å². The molecular weight excluding hydrogens is 420 g/mol. The molecule has 0 radical (unpaired) electrons. The molecule has 166 valence electrons. The van der Waals surface area contributed by atoms with Crippen molar-refractivity contribution in [2.75, 3.05) is 0 Å². The summed E-state index contributed by atoms with van der Waals surface area (Å²) >= 11 is 0. The summed E-state index contributed by atoms with van der Waals surface area (Å²) in [5, 5.41) is 5.16. The fraction of sp³-hybridized carbons (Fsp3) is 0.0857. The molecule has 0 N–H and O–H groups in total. The molecule has 0 amide bonds. The third kappa shape index (κ3) is 2.87. The van der Waals surface area contributed by atoms with Gasteiger partial charge in [0.25, 0.3) is 0 Å². The third-order valence-electron chi connectivity index (χ3n) is 7.84. The van der Waals surface area contributed by atoms with Crippen LogP contribution in [0, 0.1) is 0 Å². The van der Waals surface area contributed by atoms with Crippen LogP contribution in [0.25, 0.3) is 54.9 Å². The van der Waals surface area contributed by atoms with E-state index in [1.54, 1.807) is 0 Å². The van der Waals surface area contributed by atoms with E-state index in [0.717, 1.165) is 0 Å². The normalized spacial score (nSPS) is 13.7. The Bertz CT molecular complexity index is 1710. The average Bonchev–Trinajstić information content (AvgIpc) is 3.14. The maximum atomic E-state index is 2.37. The summed E-state index contributed by atoms with van der Waals surface area (Å²) in [5.41, 5.74) is 10.7. The highest BCUT2D eigenvalue weighted by Crippen LogP contribution is 2.53. The lowest BCUT2D eigenvalue weighted by Gasteiger charge is -2.25. The maximum absolute atomic E-state index is 2.37. The van der Waals surface area contributed by atoms with E-state index in [4.69, 9.17) is 0 Å². The number of fused-ring (bicyclic) bond motifs is 5. The lowest BCUT2D eigenvalue weighted by atomic mass is 9.77. The number of rotatable bonds is 2. The first kappa shape index (κ1) is 20.2. The molecule has 6 aromatic carbocycles. The zero-order chi connectivity index (χ0) is 23.6. The van der Waals surface area contributed by atoms with Gasteiger partial charge in [0.15, 0.2) is 0 Å². The number of hydrogen-bond donors (Lipinski definition) is 0. The smallest absolute Gasteiger partial charge is 0.0165 e. The zero-order valence-electron chi connectivity index (χ0n) is 20.0. The number of benzene rings is 6. The summed E-state index contributed by atoms with van der Waals surface area (Å²) in [6.07, 6.45) is 0. The monoisotopic (exact) mass is 446 g/mol. The minimum atomic E-state index is -0.0591. The van der Waals surface area contributed by atoms with E-state index in [-0.39, 0.29) is 5.41 Å². The second kappa shape index (κ2) is 7.42. The Morgan fingerprint density at radius 3 is 1.60 bits per heavy atom. The van der Waals surface area contributed by atoms with E-state index >= 15 is 0 Å². The quantitative estimate of drug-likeness (QED) is 0.232. The maximum Gasteiger partial charge on any atom is 0.0165 e. The number of hydrogen-bond acceptors (Lipinski definition) is 0. The van der Waals surface area contributed by atoms with Crippen LogP contribution in [0.15, 0.2) is 121 Å². The third-order valence-corrected chi connectivity index (χ3v) is 7.84. The van der Waals surface area contributed by atoms with Crippen molar-refractivity contribution in [3.05, 3.63) is 132 Å². The fourth-order valence-corrected chi connectivity index (χ4v) is 6.31. The van der Waals surface area contributed by atoms with Crippen LogP contribution in [0.2, 0.25) is 0 Å². The van der Waals surface area contributed by atoms with E-state index in [0.29, 0.717) is 0 Å². The van der Waals surface area contributed by atoms with Crippen LogP contribution in [-0.4, -0.2) is 0 Å². The molecule has 1 aliphatic carbocycles. The molecule has 0 nitrogen and oxygen atoms in total. The highest BCUT2D eigenvalue weighted by molar-refractivity contribution is 6.14. The Morgan fingerprint density at radius 1 is 0.429 bits per heavy atom. The van der Waals surface area contributed by atoms with Crippen LogP contribution in [0.5, 0.6) is 0 Å². The Balaban J connectivity index is 1.58. The van der Waals surface area contributed by atoms with Crippen molar-refractivity contribution < 1.29 is 0 Å². The first-order valence-electron chi connectivity index (χ1n) is 12.4. The van der Waals surface area contributed by atoms with Gasteiger partial charge in [-0.15, -0.1) is 0 Å². The molecule has 0 aromatic heterocycles. The molecule has 7 rings (SSSR count). The van der Waals surface area contributed by atoms with E-state index in [1.165, 1.54) is 66.1 Å². The van der Waals surface area contributed by atoms with Crippen LogP contribution in [0.4, 0.5) is 0 Å².